The quantitative estimate of drug-likeness (QED) is 0.592. The van der Waals surface area contributed by atoms with Crippen LogP contribution in [0.5, 0.6) is 0 Å². The molecular weight excluding hydrogens is 438 g/mol. The van der Waals surface area contributed by atoms with Crippen LogP contribution in [0.1, 0.15) is 12.5 Å². The molecule has 9 nitrogen and oxygen atoms in total. The van der Waals surface area contributed by atoms with Gasteiger partial charge in [0, 0.05) is 38.9 Å². The zero-order valence-corrected chi connectivity index (χ0v) is 18.7. The summed E-state index contributed by atoms with van der Waals surface area (Å²) in [6.07, 6.45) is 1.30. The molecule has 0 aliphatic carbocycles. The number of aromatic nitrogens is 1. The van der Waals surface area contributed by atoms with Gasteiger partial charge in [0.05, 0.1) is 10.3 Å². The summed E-state index contributed by atoms with van der Waals surface area (Å²) in [5.41, 5.74) is 6.14. The SMILES string of the molecule is CC(Sc1ccc(S(=O)(=O)N2CCN(Cc3ccccc3)CC2)cn1)C(=O)NC(N)=O. The number of nitrogens with zero attached hydrogens (tertiary/aromatic N) is 3. The average Bonchev–Trinajstić information content (AvgIpc) is 2.75. The van der Waals surface area contributed by atoms with Crippen molar-refractivity contribution in [3.63, 3.8) is 0 Å². The number of nitrogens with one attached hydrogen (secondary N) is 1. The van der Waals surface area contributed by atoms with E-state index in [4.69, 9.17) is 5.73 Å². The molecule has 0 radical (unpaired) electrons. The van der Waals surface area contributed by atoms with Gasteiger partial charge in [-0.25, -0.2) is 18.2 Å². The molecule has 11 heteroatoms. The molecule has 2 heterocycles. The molecule has 2 aromatic rings. The number of urea groups is 1. The molecule has 1 aromatic carbocycles. The molecule has 1 fully saturated rings. The number of imide groups is 1. The van der Waals surface area contributed by atoms with E-state index in [0.29, 0.717) is 31.2 Å². The number of primary amides is 1. The predicted molar refractivity (Wildman–Crippen MR) is 118 cm³/mol. The summed E-state index contributed by atoms with van der Waals surface area (Å²) in [5.74, 6) is -0.538. The first-order valence-electron chi connectivity index (χ1n) is 9.75. The number of sulfonamides is 1. The zero-order chi connectivity index (χ0) is 22.4. The van der Waals surface area contributed by atoms with Gasteiger partial charge in [-0.05, 0) is 24.6 Å². The monoisotopic (exact) mass is 463 g/mol. The number of piperazine rings is 1. The standard InChI is InChI=1S/C20H25N5O4S2/c1-15(19(26)23-20(21)27)30-18-8-7-17(13-22-18)31(28,29)25-11-9-24(10-12-25)14-16-5-3-2-4-6-16/h2-8,13,15H,9-12,14H2,1H3,(H3,21,23,26,27). The third-order valence-electron chi connectivity index (χ3n) is 4.84. The fourth-order valence-electron chi connectivity index (χ4n) is 3.17. The summed E-state index contributed by atoms with van der Waals surface area (Å²) in [4.78, 5) is 29.1. The summed E-state index contributed by atoms with van der Waals surface area (Å²) in [6, 6.07) is 12.2. The fraction of sp³-hybridized carbons (Fsp3) is 0.350. The topological polar surface area (TPSA) is 126 Å². The molecule has 1 atom stereocenters. The number of rotatable bonds is 7. The van der Waals surface area contributed by atoms with Crippen LogP contribution in [-0.2, 0) is 21.4 Å². The summed E-state index contributed by atoms with van der Waals surface area (Å²) in [5, 5.41) is 1.87. The van der Waals surface area contributed by atoms with Gasteiger partial charge in [-0.1, -0.05) is 42.1 Å². The number of benzene rings is 1. The lowest BCUT2D eigenvalue weighted by molar-refractivity contribution is -0.119. The molecule has 3 amide bonds. The molecule has 1 aliphatic heterocycles. The molecule has 166 valence electrons. The highest BCUT2D eigenvalue weighted by atomic mass is 32.2. The number of hydrogen-bond acceptors (Lipinski definition) is 7. The van der Waals surface area contributed by atoms with Crippen molar-refractivity contribution in [3.8, 4) is 0 Å². The van der Waals surface area contributed by atoms with Crippen LogP contribution >= 0.6 is 11.8 Å². The Morgan fingerprint density at radius 1 is 1.13 bits per heavy atom. The van der Waals surface area contributed by atoms with Crippen molar-refractivity contribution in [2.24, 2.45) is 5.73 Å². The minimum atomic E-state index is -3.64. The van der Waals surface area contributed by atoms with E-state index in [1.165, 1.54) is 22.1 Å². The van der Waals surface area contributed by atoms with Crippen molar-refractivity contribution in [1.29, 1.82) is 0 Å². The van der Waals surface area contributed by atoms with Crippen molar-refractivity contribution in [2.75, 3.05) is 26.2 Å². The van der Waals surface area contributed by atoms with Gasteiger partial charge in [-0.3, -0.25) is 15.0 Å². The number of hydrogen-bond donors (Lipinski definition) is 2. The van der Waals surface area contributed by atoms with Crippen molar-refractivity contribution < 1.29 is 18.0 Å². The number of carbonyl (C=O) groups is 2. The van der Waals surface area contributed by atoms with Crippen LogP contribution in [0.25, 0.3) is 0 Å². The highest BCUT2D eigenvalue weighted by Gasteiger charge is 2.29. The largest absolute Gasteiger partial charge is 0.351 e. The zero-order valence-electron chi connectivity index (χ0n) is 17.1. The van der Waals surface area contributed by atoms with Gasteiger partial charge in [0.25, 0.3) is 0 Å². The summed E-state index contributed by atoms with van der Waals surface area (Å²) in [6.45, 7) is 4.53. The Hall–Kier alpha value is -2.47. The van der Waals surface area contributed by atoms with Gasteiger partial charge >= 0.3 is 6.03 Å². The van der Waals surface area contributed by atoms with E-state index in [-0.39, 0.29) is 4.90 Å². The second-order valence-electron chi connectivity index (χ2n) is 7.11. The summed E-state index contributed by atoms with van der Waals surface area (Å²) < 4.78 is 27.4. The van der Waals surface area contributed by atoms with E-state index in [2.05, 4.69) is 22.0 Å². The number of amides is 3. The van der Waals surface area contributed by atoms with E-state index >= 15 is 0 Å². The smallest absolute Gasteiger partial charge is 0.318 e. The minimum Gasteiger partial charge on any atom is -0.351 e. The Balaban J connectivity index is 1.57. The normalized spacial score (nSPS) is 16.5. The Kier molecular flexibility index (Phi) is 7.65. The minimum absolute atomic E-state index is 0.114. The lowest BCUT2D eigenvalue weighted by atomic mass is 10.2. The molecule has 0 spiro atoms. The first-order valence-corrected chi connectivity index (χ1v) is 12.1. The van der Waals surface area contributed by atoms with Crippen LogP contribution in [0.15, 0.2) is 58.6 Å². The predicted octanol–water partition coefficient (Wildman–Crippen LogP) is 1.26. The average molecular weight is 464 g/mol. The third-order valence-corrected chi connectivity index (χ3v) is 7.77. The van der Waals surface area contributed by atoms with E-state index in [0.717, 1.165) is 18.3 Å². The Morgan fingerprint density at radius 3 is 2.39 bits per heavy atom. The van der Waals surface area contributed by atoms with Gasteiger partial charge in [0.2, 0.25) is 15.9 Å². The van der Waals surface area contributed by atoms with Crippen LogP contribution in [0.3, 0.4) is 0 Å². The maximum Gasteiger partial charge on any atom is 0.318 e. The third kappa shape index (κ3) is 6.26. The number of nitrogens with two attached hydrogens (primary N) is 1. The molecule has 0 saturated carbocycles. The molecule has 3 rings (SSSR count). The molecule has 31 heavy (non-hydrogen) atoms. The highest BCUT2D eigenvalue weighted by Crippen LogP contribution is 2.24. The molecular formula is C20H25N5O4S2. The van der Waals surface area contributed by atoms with Crippen molar-refractivity contribution in [1.82, 2.24) is 19.5 Å². The lowest BCUT2D eigenvalue weighted by Crippen LogP contribution is -2.48. The van der Waals surface area contributed by atoms with Gasteiger partial charge < -0.3 is 5.73 Å². The molecule has 1 saturated heterocycles. The maximum atomic E-state index is 13.0. The van der Waals surface area contributed by atoms with Gasteiger partial charge in [0.15, 0.2) is 0 Å². The summed E-state index contributed by atoms with van der Waals surface area (Å²) in [7, 11) is -3.64. The second-order valence-corrected chi connectivity index (χ2v) is 10.4. The lowest BCUT2D eigenvalue weighted by Gasteiger charge is -2.33. The van der Waals surface area contributed by atoms with E-state index in [9.17, 15) is 18.0 Å². The highest BCUT2D eigenvalue weighted by molar-refractivity contribution is 8.00. The first kappa shape index (κ1) is 23.2. The van der Waals surface area contributed by atoms with Crippen molar-refractivity contribution in [2.45, 2.75) is 28.6 Å². The van der Waals surface area contributed by atoms with E-state index in [1.54, 1.807) is 13.0 Å². The van der Waals surface area contributed by atoms with E-state index in [1.807, 2.05) is 23.5 Å². The molecule has 0 bridgehead atoms. The second kappa shape index (κ2) is 10.2. The Bertz CT molecular complexity index is 1010. The molecule has 1 aromatic heterocycles. The molecule has 1 unspecified atom stereocenters. The number of pyridine rings is 1. The molecule has 1 aliphatic rings. The van der Waals surface area contributed by atoms with Crippen molar-refractivity contribution in [3.05, 3.63) is 54.2 Å². The number of carbonyl (C=O) groups excluding carboxylic acids is 2. The van der Waals surface area contributed by atoms with Crippen LogP contribution in [0.2, 0.25) is 0 Å². The maximum absolute atomic E-state index is 13.0. The van der Waals surface area contributed by atoms with Crippen LogP contribution < -0.4 is 11.1 Å². The van der Waals surface area contributed by atoms with Crippen LogP contribution in [0.4, 0.5) is 4.79 Å². The Morgan fingerprint density at radius 2 is 1.81 bits per heavy atom. The van der Waals surface area contributed by atoms with Crippen LogP contribution in [-0.4, -0.2) is 66.0 Å². The molecule has 3 N–H and O–H groups in total. The van der Waals surface area contributed by atoms with Crippen molar-refractivity contribution >= 4 is 33.7 Å². The van der Waals surface area contributed by atoms with Crippen LogP contribution in [0, 0.1) is 0 Å². The Labute approximate surface area is 186 Å². The van der Waals surface area contributed by atoms with Gasteiger partial charge in [-0.2, -0.15) is 4.31 Å². The fourth-order valence-corrected chi connectivity index (χ4v) is 5.32. The first-order chi connectivity index (χ1) is 14.8. The van der Waals surface area contributed by atoms with Gasteiger partial charge in [0.1, 0.15) is 4.90 Å². The van der Waals surface area contributed by atoms with E-state index < -0.39 is 27.2 Å². The van der Waals surface area contributed by atoms with Gasteiger partial charge in [-0.15, -0.1) is 0 Å². The number of thioether (sulfide) groups is 1. The summed E-state index contributed by atoms with van der Waals surface area (Å²) >= 11 is 1.10.